The average molecular weight is 288 g/mol. The van der Waals surface area contributed by atoms with E-state index >= 15 is 0 Å². The number of nitrogens with zero attached hydrogens (tertiary/aromatic N) is 1. The Morgan fingerprint density at radius 1 is 1.29 bits per heavy atom. The molecule has 1 aromatic heterocycles. The summed E-state index contributed by atoms with van der Waals surface area (Å²) in [7, 11) is 0. The number of benzene rings is 1. The molecule has 0 aliphatic rings. The molecule has 0 aliphatic heterocycles. The molecule has 2 aromatic rings. The van der Waals surface area contributed by atoms with Crippen LogP contribution in [0.3, 0.4) is 0 Å². The smallest absolute Gasteiger partial charge is 0.132 e. The predicted molar refractivity (Wildman–Crippen MR) is 72.0 cm³/mol. The Labute approximate surface area is 114 Å². The number of hydrogen-bond donors (Lipinski definition) is 0. The summed E-state index contributed by atoms with van der Waals surface area (Å²) in [5.74, 6) is 0. The van der Waals surface area contributed by atoms with E-state index in [2.05, 4.69) is 4.37 Å². The maximum absolute atomic E-state index is 6.13. The highest BCUT2D eigenvalue weighted by atomic mass is 35.5. The number of rotatable bonds is 4. The molecule has 0 spiro atoms. The van der Waals surface area contributed by atoms with Crippen LogP contribution in [0.4, 0.5) is 0 Å². The summed E-state index contributed by atoms with van der Waals surface area (Å²) in [4.78, 5) is 0. The maximum atomic E-state index is 6.13. The highest BCUT2D eigenvalue weighted by Gasteiger charge is 2.22. The lowest BCUT2D eigenvalue weighted by molar-refractivity contribution is 0.0891. The van der Waals surface area contributed by atoms with Crippen molar-refractivity contribution in [2.75, 3.05) is 6.61 Å². The summed E-state index contributed by atoms with van der Waals surface area (Å²) >= 11 is 13.2. The minimum absolute atomic E-state index is 0.252. The van der Waals surface area contributed by atoms with Gasteiger partial charge in [-0.15, -0.1) is 0 Å². The summed E-state index contributed by atoms with van der Waals surface area (Å²) in [5, 5.41) is 0.485. The number of halogens is 2. The van der Waals surface area contributed by atoms with Gasteiger partial charge in [0.1, 0.15) is 16.1 Å². The Bertz CT molecular complexity index is 487. The minimum Gasteiger partial charge on any atom is -0.367 e. The number of ether oxygens (including phenoxy) is 1. The molecule has 17 heavy (non-hydrogen) atoms. The first-order valence-electron chi connectivity index (χ1n) is 5.21. The molecule has 0 bridgehead atoms. The van der Waals surface area contributed by atoms with Gasteiger partial charge in [-0.05, 0) is 24.0 Å². The molecule has 0 N–H and O–H groups in total. The molecule has 1 heterocycles. The van der Waals surface area contributed by atoms with Gasteiger partial charge in [-0.3, -0.25) is 0 Å². The van der Waals surface area contributed by atoms with Crippen molar-refractivity contribution in [3.8, 4) is 0 Å². The summed E-state index contributed by atoms with van der Waals surface area (Å²) in [5.41, 5.74) is 1.72. The largest absolute Gasteiger partial charge is 0.367 e. The zero-order valence-corrected chi connectivity index (χ0v) is 11.5. The third kappa shape index (κ3) is 2.80. The van der Waals surface area contributed by atoms with Gasteiger partial charge < -0.3 is 4.74 Å². The monoisotopic (exact) mass is 287 g/mol. The van der Waals surface area contributed by atoms with Gasteiger partial charge in [-0.25, -0.2) is 0 Å². The fraction of sp³-hybridized carbons (Fsp3) is 0.250. The summed E-state index contributed by atoms with van der Waals surface area (Å²) in [6.07, 6.45) is -0.252. The molecule has 1 aromatic carbocycles. The van der Waals surface area contributed by atoms with Crippen LogP contribution >= 0.6 is 34.7 Å². The van der Waals surface area contributed by atoms with Crippen molar-refractivity contribution in [2.45, 2.75) is 13.0 Å². The van der Waals surface area contributed by atoms with Crippen molar-refractivity contribution >= 4 is 34.7 Å². The highest BCUT2D eigenvalue weighted by Crippen LogP contribution is 2.37. The van der Waals surface area contributed by atoms with E-state index < -0.39 is 0 Å². The van der Waals surface area contributed by atoms with Gasteiger partial charge in [0.15, 0.2) is 0 Å². The highest BCUT2D eigenvalue weighted by molar-refractivity contribution is 7.11. The molecular weight excluding hydrogens is 277 g/mol. The van der Waals surface area contributed by atoms with Crippen LogP contribution in [-0.2, 0) is 4.74 Å². The van der Waals surface area contributed by atoms with E-state index in [1.807, 2.05) is 37.3 Å². The lowest BCUT2D eigenvalue weighted by Crippen LogP contribution is -2.06. The Morgan fingerprint density at radius 2 is 2.00 bits per heavy atom. The fourth-order valence-corrected chi connectivity index (χ4v) is 2.61. The normalized spacial score (nSPS) is 12.6. The lowest BCUT2D eigenvalue weighted by atomic mass is 10.1. The fourth-order valence-electron chi connectivity index (χ4n) is 1.56. The minimum atomic E-state index is -0.252. The second kappa shape index (κ2) is 5.83. The van der Waals surface area contributed by atoms with Crippen LogP contribution in [0.2, 0.25) is 9.36 Å². The van der Waals surface area contributed by atoms with Crippen LogP contribution < -0.4 is 0 Å². The molecule has 5 heteroatoms. The quantitative estimate of drug-likeness (QED) is 0.821. The van der Waals surface area contributed by atoms with Crippen LogP contribution in [0.25, 0.3) is 0 Å². The van der Waals surface area contributed by atoms with Crippen LogP contribution in [-0.4, -0.2) is 11.0 Å². The third-order valence-corrected chi connectivity index (χ3v) is 3.95. The SMILES string of the molecule is CCOC(c1ccccc1)c1nsc(Cl)c1Cl. The van der Waals surface area contributed by atoms with E-state index in [9.17, 15) is 0 Å². The number of aromatic nitrogens is 1. The van der Waals surface area contributed by atoms with Crippen LogP contribution in [0.5, 0.6) is 0 Å². The zero-order chi connectivity index (χ0) is 12.3. The van der Waals surface area contributed by atoms with Crippen LogP contribution in [0, 0.1) is 0 Å². The van der Waals surface area contributed by atoms with Crippen LogP contribution in [0.15, 0.2) is 30.3 Å². The first kappa shape index (κ1) is 12.8. The van der Waals surface area contributed by atoms with Gasteiger partial charge in [0.05, 0.1) is 5.02 Å². The maximum Gasteiger partial charge on any atom is 0.132 e. The van der Waals surface area contributed by atoms with Gasteiger partial charge in [-0.1, -0.05) is 53.5 Å². The number of hydrogen-bond acceptors (Lipinski definition) is 3. The topological polar surface area (TPSA) is 22.1 Å². The Morgan fingerprint density at radius 3 is 2.53 bits per heavy atom. The van der Waals surface area contributed by atoms with Crippen molar-refractivity contribution in [3.05, 3.63) is 50.9 Å². The molecular formula is C12H11Cl2NOS. The van der Waals surface area contributed by atoms with Crippen molar-refractivity contribution in [2.24, 2.45) is 0 Å². The molecule has 0 saturated heterocycles. The molecule has 90 valence electrons. The molecule has 0 saturated carbocycles. The molecule has 2 rings (SSSR count). The van der Waals surface area contributed by atoms with Gasteiger partial charge in [0, 0.05) is 6.61 Å². The predicted octanol–water partition coefficient (Wildman–Crippen LogP) is 4.58. The van der Waals surface area contributed by atoms with E-state index in [4.69, 9.17) is 27.9 Å². The standard InChI is InChI=1S/C12H11Cl2NOS/c1-2-16-11(8-6-4-3-5-7-8)10-9(13)12(14)17-15-10/h3-7,11H,2H2,1H3. The van der Waals surface area contributed by atoms with E-state index in [-0.39, 0.29) is 6.10 Å². The second-order valence-corrected chi connectivity index (χ2v) is 5.15. The Kier molecular flexibility index (Phi) is 4.40. The molecule has 0 aliphatic carbocycles. The Hall–Kier alpha value is -0.610. The summed E-state index contributed by atoms with van der Waals surface area (Å²) in [6, 6.07) is 9.86. The van der Waals surface area contributed by atoms with E-state index in [0.29, 0.717) is 21.7 Å². The van der Waals surface area contributed by atoms with E-state index in [1.54, 1.807) is 0 Å². The van der Waals surface area contributed by atoms with Gasteiger partial charge >= 0.3 is 0 Å². The first-order valence-corrected chi connectivity index (χ1v) is 6.74. The molecule has 0 fully saturated rings. The summed E-state index contributed by atoms with van der Waals surface area (Å²) < 4.78 is 10.5. The average Bonchev–Trinajstić information content (AvgIpc) is 2.69. The van der Waals surface area contributed by atoms with Gasteiger partial charge in [0.2, 0.25) is 0 Å². The molecule has 2 nitrogen and oxygen atoms in total. The lowest BCUT2D eigenvalue weighted by Gasteiger charge is -2.15. The van der Waals surface area contributed by atoms with Crippen molar-refractivity contribution < 1.29 is 4.74 Å². The first-order chi connectivity index (χ1) is 8.24. The summed E-state index contributed by atoms with van der Waals surface area (Å²) in [6.45, 7) is 2.53. The third-order valence-electron chi connectivity index (χ3n) is 2.31. The van der Waals surface area contributed by atoms with Crippen molar-refractivity contribution in [1.82, 2.24) is 4.37 Å². The van der Waals surface area contributed by atoms with E-state index in [0.717, 1.165) is 5.56 Å². The van der Waals surface area contributed by atoms with Gasteiger partial charge in [-0.2, -0.15) is 4.37 Å². The zero-order valence-electron chi connectivity index (χ0n) is 9.19. The van der Waals surface area contributed by atoms with E-state index in [1.165, 1.54) is 11.5 Å². The molecule has 0 amide bonds. The Balaban J connectivity index is 2.39. The second-order valence-electron chi connectivity index (χ2n) is 3.40. The van der Waals surface area contributed by atoms with Crippen molar-refractivity contribution in [1.29, 1.82) is 0 Å². The van der Waals surface area contributed by atoms with Gasteiger partial charge in [0.25, 0.3) is 0 Å². The molecule has 1 unspecified atom stereocenters. The molecule has 0 radical (unpaired) electrons. The van der Waals surface area contributed by atoms with Crippen LogP contribution in [0.1, 0.15) is 24.3 Å². The van der Waals surface area contributed by atoms with Crippen molar-refractivity contribution in [3.63, 3.8) is 0 Å². The molecule has 1 atom stereocenters.